The predicted molar refractivity (Wildman–Crippen MR) is 225 cm³/mol. The van der Waals surface area contributed by atoms with Crippen LogP contribution in [0.2, 0.25) is 0 Å². The van der Waals surface area contributed by atoms with Crippen LogP contribution >= 0.6 is 0 Å². The second-order valence-corrected chi connectivity index (χ2v) is 18.4. The molecule has 0 spiro atoms. The highest BCUT2D eigenvalue weighted by atomic mass is 16.5. The number of carbonyl (C=O) groups excluding carboxylic acids is 2. The monoisotopic (exact) mass is 775 g/mol. The average molecular weight is 775 g/mol. The van der Waals surface area contributed by atoms with Crippen LogP contribution in [-0.2, 0) is 19.0 Å². The minimum Gasteiger partial charge on any atom is -0.378 e. The first-order valence-corrected chi connectivity index (χ1v) is 22.4. The molecule has 4 saturated carbocycles. The van der Waals surface area contributed by atoms with E-state index in [1.807, 2.05) is 42.5 Å². The van der Waals surface area contributed by atoms with Crippen molar-refractivity contribution in [1.29, 1.82) is 0 Å². The van der Waals surface area contributed by atoms with Crippen molar-refractivity contribution in [3.05, 3.63) is 48.0 Å². The maximum atomic E-state index is 12.9. The second kappa shape index (κ2) is 20.0. The Kier molecular flexibility index (Phi) is 15.5. The van der Waals surface area contributed by atoms with Gasteiger partial charge in [0.15, 0.2) is 5.78 Å². The smallest absolute Gasteiger partial charge is 0.220 e. The third-order valence-corrected chi connectivity index (χ3v) is 15.3. The largest absolute Gasteiger partial charge is 0.378 e. The van der Waals surface area contributed by atoms with Gasteiger partial charge in [0.1, 0.15) is 0 Å². The minimum absolute atomic E-state index is 0.0102. The van der Waals surface area contributed by atoms with Crippen molar-refractivity contribution in [1.82, 2.24) is 5.32 Å². The highest BCUT2D eigenvalue weighted by Crippen LogP contribution is 2.69. The molecule has 0 aliphatic heterocycles. The van der Waals surface area contributed by atoms with Gasteiger partial charge in [0, 0.05) is 50.2 Å². The van der Waals surface area contributed by atoms with Crippen molar-refractivity contribution in [3.63, 3.8) is 0 Å². The van der Waals surface area contributed by atoms with Crippen molar-refractivity contribution >= 4 is 22.5 Å². The maximum Gasteiger partial charge on any atom is 0.220 e. The van der Waals surface area contributed by atoms with Crippen LogP contribution in [-0.4, -0.2) is 76.0 Å². The molecule has 0 heterocycles. The van der Waals surface area contributed by atoms with Gasteiger partial charge in [0.05, 0.1) is 18.3 Å². The molecule has 9 heteroatoms. The van der Waals surface area contributed by atoms with Gasteiger partial charge in [-0.15, -0.1) is 0 Å². The average Bonchev–Trinajstić information content (AvgIpc) is 3.57. The molecule has 3 unspecified atom stereocenters. The summed E-state index contributed by atoms with van der Waals surface area (Å²) in [6.45, 7) is 12.4. The lowest BCUT2D eigenvalue weighted by atomic mass is 9.43. The lowest BCUT2D eigenvalue weighted by Gasteiger charge is -2.65. The first kappa shape index (κ1) is 43.2. The zero-order valence-electron chi connectivity index (χ0n) is 34.9. The van der Waals surface area contributed by atoms with Crippen LogP contribution in [0, 0.1) is 46.3 Å². The summed E-state index contributed by atoms with van der Waals surface area (Å²) >= 11 is 0. The van der Waals surface area contributed by atoms with E-state index in [0.29, 0.717) is 80.0 Å². The summed E-state index contributed by atoms with van der Waals surface area (Å²) in [4.78, 5) is 25.8. The molecule has 1 amide bonds. The second-order valence-electron chi connectivity index (χ2n) is 18.4. The molecule has 2 aromatic rings. The number of hydrogen-bond acceptors (Lipinski definition) is 8. The highest BCUT2D eigenvalue weighted by molar-refractivity contribution is 6.01. The molecule has 0 radical (unpaired) electrons. The molecule has 9 nitrogen and oxygen atoms in total. The number of ketones is 1. The molecule has 312 valence electrons. The Bertz CT molecular complexity index is 1570. The van der Waals surface area contributed by atoms with Gasteiger partial charge in [-0.05, 0) is 154 Å². The lowest BCUT2D eigenvalue weighted by molar-refractivity contribution is -0.227. The van der Waals surface area contributed by atoms with Gasteiger partial charge in [-0.25, -0.2) is 0 Å². The standard InChI is InChI=1S/C47H74N4O5/c1-32(10-6-24-51-44(53)18-17-41(52)35-14-13-33-11-4-5-12-34(33)28-35)38-15-16-39-45-40(31-43(47(38,39)3)56-27-9-23-50)46(2)20-19-37(54-25-7-21-48)29-36(46)30-42(45)55-26-8-22-49/h4-5,11-14,28,32,36-40,42-43,45H,6-10,15-27,29-31,48-50H2,1-3H3,(H,51,53)/t32-,36?,37-,38?,39+,40+,42-,43+,45?,46+,47-/m1/s1. The van der Waals surface area contributed by atoms with Crippen LogP contribution in [0.15, 0.2) is 42.5 Å². The fourth-order valence-corrected chi connectivity index (χ4v) is 12.3. The van der Waals surface area contributed by atoms with Crippen molar-refractivity contribution in [2.45, 2.75) is 129 Å². The van der Waals surface area contributed by atoms with Crippen LogP contribution in [0.25, 0.3) is 10.8 Å². The van der Waals surface area contributed by atoms with E-state index in [0.717, 1.165) is 81.8 Å². The molecule has 6 rings (SSSR count). The Morgan fingerprint density at radius 3 is 2.27 bits per heavy atom. The van der Waals surface area contributed by atoms with E-state index in [4.69, 9.17) is 31.4 Å². The summed E-state index contributed by atoms with van der Waals surface area (Å²) in [7, 11) is 0. The number of hydrogen-bond donors (Lipinski definition) is 4. The number of rotatable bonds is 21. The summed E-state index contributed by atoms with van der Waals surface area (Å²) in [6.07, 6.45) is 13.9. The molecule has 56 heavy (non-hydrogen) atoms. The van der Waals surface area contributed by atoms with Crippen molar-refractivity contribution in [2.24, 2.45) is 63.5 Å². The van der Waals surface area contributed by atoms with Crippen LogP contribution < -0.4 is 22.5 Å². The van der Waals surface area contributed by atoms with E-state index in [1.54, 1.807) is 0 Å². The summed E-state index contributed by atoms with van der Waals surface area (Å²) in [5, 5.41) is 5.27. The van der Waals surface area contributed by atoms with Gasteiger partial charge in [0.25, 0.3) is 0 Å². The minimum atomic E-state index is -0.0488. The Labute approximate surface area is 337 Å². The van der Waals surface area contributed by atoms with E-state index >= 15 is 0 Å². The molecular formula is C47H74N4O5. The van der Waals surface area contributed by atoms with Gasteiger partial charge >= 0.3 is 0 Å². The molecule has 0 aromatic heterocycles. The predicted octanol–water partition coefficient (Wildman–Crippen LogP) is 7.42. The SMILES string of the molecule is C[C@H](CCCNC(=O)CCC(=O)c1ccc2ccccc2c1)C1CC[C@H]2C3[C@H](OCCCN)CC4C[C@H](OCCCN)CC[C@]4(C)[C@H]3C[C@H](OCCCN)[C@]12C. The maximum absolute atomic E-state index is 12.9. The van der Waals surface area contributed by atoms with Gasteiger partial charge in [-0.3, -0.25) is 9.59 Å². The van der Waals surface area contributed by atoms with Gasteiger partial charge in [-0.2, -0.15) is 0 Å². The van der Waals surface area contributed by atoms with Crippen molar-refractivity contribution in [3.8, 4) is 0 Å². The molecule has 0 bridgehead atoms. The molecule has 2 aromatic carbocycles. The Morgan fingerprint density at radius 1 is 0.804 bits per heavy atom. The first-order chi connectivity index (χ1) is 27.1. The van der Waals surface area contributed by atoms with Crippen molar-refractivity contribution in [2.75, 3.05) is 46.0 Å². The summed E-state index contributed by atoms with van der Waals surface area (Å²) < 4.78 is 20.3. The number of nitrogens with two attached hydrogens (primary N) is 3. The Hall–Kier alpha value is -2.40. The van der Waals surface area contributed by atoms with E-state index < -0.39 is 0 Å². The topological polar surface area (TPSA) is 152 Å². The highest BCUT2D eigenvalue weighted by Gasteiger charge is 2.66. The summed E-state index contributed by atoms with van der Waals surface area (Å²) in [5.74, 6) is 3.16. The third-order valence-electron chi connectivity index (χ3n) is 15.3. The number of Topliss-reactive ketones (excluding diaryl/α,β-unsaturated/α-hetero) is 1. The van der Waals surface area contributed by atoms with Crippen molar-refractivity contribution < 1.29 is 23.8 Å². The fourth-order valence-electron chi connectivity index (χ4n) is 12.3. The van der Waals surface area contributed by atoms with Gasteiger partial charge in [0.2, 0.25) is 5.91 Å². The van der Waals surface area contributed by atoms with E-state index in [1.165, 1.54) is 19.3 Å². The Balaban J connectivity index is 1.09. The lowest BCUT2D eigenvalue weighted by Crippen LogP contribution is -2.63. The number of carbonyl (C=O) groups is 2. The molecular weight excluding hydrogens is 701 g/mol. The zero-order chi connectivity index (χ0) is 39.7. The molecule has 4 aliphatic carbocycles. The fraction of sp³-hybridized carbons (Fsp3) is 0.745. The zero-order valence-corrected chi connectivity index (χ0v) is 34.9. The van der Waals surface area contributed by atoms with Crippen LogP contribution in [0.5, 0.6) is 0 Å². The van der Waals surface area contributed by atoms with Crippen LogP contribution in [0.4, 0.5) is 0 Å². The molecule has 7 N–H and O–H groups in total. The van der Waals surface area contributed by atoms with Gasteiger partial charge in [-0.1, -0.05) is 57.2 Å². The summed E-state index contributed by atoms with van der Waals surface area (Å²) in [6, 6.07) is 13.8. The quantitative estimate of drug-likeness (QED) is 0.0756. The molecule has 4 aliphatic rings. The van der Waals surface area contributed by atoms with Crippen LogP contribution in [0.1, 0.15) is 121 Å². The molecule has 0 saturated heterocycles. The van der Waals surface area contributed by atoms with E-state index in [2.05, 4.69) is 26.1 Å². The number of ether oxygens (including phenoxy) is 3. The van der Waals surface area contributed by atoms with E-state index in [-0.39, 0.29) is 47.6 Å². The number of benzene rings is 2. The van der Waals surface area contributed by atoms with E-state index in [9.17, 15) is 9.59 Å². The van der Waals surface area contributed by atoms with Gasteiger partial charge < -0.3 is 36.7 Å². The number of amides is 1. The molecule has 4 fully saturated rings. The Morgan fingerprint density at radius 2 is 1.52 bits per heavy atom. The van der Waals surface area contributed by atoms with Crippen LogP contribution in [0.3, 0.4) is 0 Å². The third kappa shape index (κ3) is 9.55. The number of fused-ring (bicyclic) bond motifs is 6. The molecule has 11 atom stereocenters. The number of nitrogens with one attached hydrogen (secondary N) is 1. The summed E-state index contributed by atoms with van der Waals surface area (Å²) in [5.41, 5.74) is 18.7. The normalized spacial score (nSPS) is 33.0. The first-order valence-electron chi connectivity index (χ1n) is 22.4.